The van der Waals surface area contributed by atoms with Gasteiger partial charge in [0.2, 0.25) is 11.9 Å². The summed E-state index contributed by atoms with van der Waals surface area (Å²) < 4.78 is 5.27. The first kappa shape index (κ1) is 15.7. The Hall–Kier alpha value is -2.22. The highest BCUT2D eigenvalue weighted by molar-refractivity contribution is 5.86. The number of aliphatic carboxylic acids is 1. The Labute approximate surface area is 134 Å². The highest BCUT2D eigenvalue weighted by Crippen LogP contribution is 2.22. The number of rotatable bonds is 3. The van der Waals surface area contributed by atoms with Gasteiger partial charge >= 0.3 is 5.97 Å². The number of anilines is 1. The molecule has 0 bridgehead atoms. The quantitative estimate of drug-likeness (QED) is 0.837. The number of aromatic nitrogens is 2. The van der Waals surface area contributed by atoms with Gasteiger partial charge in [-0.25, -0.2) is 14.8 Å². The zero-order valence-corrected chi connectivity index (χ0v) is 12.8. The third-order valence-electron chi connectivity index (χ3n) is 4.35. The minimum absolute atomic E-state index is 0.0747. The van der Waals surface area contributed by atoms with Crippen molar-refractivity contribution in [3.63, 3.8) is 0 Å². The van der Waals surface area contributed by atoms with Gasteiger partial charge in [-0.15, -0.1) is 0 Å². The summed E-state index contributed by atoms with van der Waals surface area (Å²) >= 11 is 0. The van der Waals surface area contributed by atoms with Crippen molar-refractivity contribution in [2.75, 3.05) is 37.7 Å². The summed E-state index contributed by atoms with van der Waals surface area (Å²) in [6, 6.07) is 0.839. The molecular formula is C15H20N4O4. The predicted octanol–water partition coefficient (Wildman–Crippen LogP) is 0.00500. The Morgan fingerprint density at radius 3 is 2.52 bits per heavy atom. The van der Waals surface area contributed by atoms with Crippen LogP contribution in [0.1, 0.15) is 12.8 Å². The zero-order valence-electron chi connectivity index (χ0n) is 12.8. The monoisotopic (exact) mass is 320 g/mol. The maximum absolute atomic E-state index is 12.7. The van der Waals surface area contributed by atoms with Gasteiger partial charge in [-0.2, -0.15) is 0 Å². The molecule has 2 aliphatic rings. The minimum Gasteiger partial charge on any atom is -0.480 e. The maximum Gasteiger partial charge on any atom is 0.328 e. The predicted molar refractivity (Wildman–Crippen MR) is 80.9 cm³/mol. The third-order valence-corrected chi connectivity index (χ3v) is 4.35. The molecule has 1 amide bonds. The van der Waals surface area contributed by atoms with Gasteiger partial charge in [-0.05, 0) is 18.9 Å². The topological polar surface area (TPSA) is 95.9 Å². The molecule has 1 N–H and O–H groups in total. The van der Waals surface area contributed by atoms with Crippen LogP contribution in [-0.2, 0) is 14.3 Å². The van der Waals surface area contributed by atoms with E-state index in [1.54, 1.807) is 18.5 Å². The van der Waals surface area contributed by atoms with E-state index in [0.29, 0.717) is 45.1 Å². The average molecular weight is 320 g/mol. The number of hydrogen-bond donors (Lipinski definition) is 1. The molecule has 2 aliphatic heterocycles. The number of nitrogens with zero attached hydrogens (tertiary/aromatic N) is 4. The molecule has 0 aliphatic carbocycles. The average Bonchev–Trinajstić information content (AvgIpc) is 2.62. The summed E-state index contributed by atoms with van der Waals surface area (Å²) in [6.45, 7) is 2.22. The third kappa shape index (κ3) is 3.42. The molecule has 0 radical (unpaired) electrons. The summed E-state index contributed by atoms with van der Waals surface area (Å²) in [7, 11) is 0. The van der Waals surface area contributed by atoms with E-state index in [-0.39, 0.29) is 18.4 Å². The van der Waals surface area contributed by atoms with Crippen LogP contribution in [0.2, 0.25) is 0 Å². The second kappa shape index (κ2) is 6.91. The lowest BCUT2D eigenvalue weighted by Crippen LogP contribution is -2.60. The number of carboxylic acids is 1. The number of ether oxygens (including phenoxy) is 1. The van der Waals surface area contributed by atoms with Crippen molar-refractivity contribution in [3.05, 3.63) is 18.5 Å². The van der Waals surface area contributed by atoms with Gasteiger partial charge in [0.25, 0.3) is 0 Å². The summed E-state index contributed by atoms with van der Waals surface area (Å²) in [5.74, 6) is -0.706. The Balaban J connectivity index is 1.72. The molecule has 1 atom stereocenters. The Bertz CT molecular complexity index is 562. The summed E-state index contributed by atoms with van der Waals surface area (Å²) in [5, 5.41) is 9.53. The van der Waals surface area contributed by atoms with Crippen LogP contribution in [0.15, 0.2) is 18.5 Å². The number of carbonyl (C=O) groups excluding carboxylic acids is 1. The molecule has 0 aromatic carbocycles. The molecule has 1 aromatic heterocycles. The number of piperazine rings is 1. The number of carbonyl (C=O) groups is 2. The Kier molecular flexibility index (Phi) is 4.71. The van der Waals surface area contributed by atoms with Crippen molar-refractivity contribution < 1.29 is 19.4 Å². The molecule has 8 heteroatoms. The van der Waals surface area contributed by atoms with Crippen LogP contribution in [0.3, 0.4) is 0 Å². The lowest BCUT2D eigenvalue weighted by Gasteiger charge is -2.41. The van der Waals surface area contributed by atoms with E-state index in [0.717, 1.165) is 0 Å². The van der Waals surface area contributed by atoms with E-state index >= 15 is 0 Å². The van der Waals surface area contributed by atoms with Crippen molar-refractivity contribution in [1.29, 1.82) is 0 Å². The number of hydrogen-bond acceptors (Lipinski definition) is 6. The van der Waals surface area contributed by atoms with Gasteiger partial charge < -0.3 is 19.6 Å². The van der Waals surface area contributed by atoms with Gasteiger partial charge in [0.15, 0.2) is 0 Å². The van der Waals surface area contributed by atoms with E-state index in [9.17, 15) is 14.7 Å². The van der Waals surface area contributed by atoms with Crippen LogP contribution in [0.4, 0.5) is 5.95 Å². The highest BCUT2D eigenvalue weighted by Gasteiger charge is 2.38. The minimum atomic E-state index is -0.994. The van der Waals surface area contributed by atoms with Crippen LogP contribution in [-0.4, -0.2) is 70.7 Å². The van der Waals surface area contributed by atoms with Crippen molar-refractivity contribution in [3.8, 4) is 0 Å². The first-order chi connectivity index (χ1) is 11.2. The number of carboxylic acid groups (broad SMARTS) is 1. The van der Waals surface area contributed by atoms with Crippen LogP contribution < -0.4 is 4.90 Å². The maximum atomic E-state index is 12.7. The fourth-order valence-electron chi connectivity index (χ4n) is 3.07. The Morgan fingerprint density at radius 2 is 1.87 bits per heavy atom. The SMILES string of the molecule is O=C(O)[C@H]1CN(c2ncccn2)CCN1C(=O)C1CCOCC1. The molecule has 8 nitrogen and oxygen atoms in total. The van der Waals surface area contributed by atoms with Gasteiger partial charge in [-0.1, -0.05) is 0 Å². The molecule has 0 spiro atoms. The summed E-state index contributed by atoms with van der Waals surface area (Å²) in [5.41, 5.74) is 0. The van der Waals surface area contributed by atoms with Crippen molar-refractivity contribution >= 4 is 17.8 Å². The normalized spacial score (nSPS) is 22.9. The smallest absolute Gasteiger partial charge is 0.328 e. The van der Waals surface area contributed by atoms with Crippen LogP contribution in [0.5, 0.6) is 0 Å². The van der Waals surface area contributed by atoms with E-state index < -0.39 is 12.0 Å². The van der Waals surface area contributed by atoms with E-state index in [1.807, 2.05) is 4.90 Å². The molecule has 3 rings (SSSR count). The molecular weight excluding hydrogens is 300 g/mol. The van der Waals surface area contributed by atoms with Crippen LogP contribution >= 0.6 is 0 Å². The van der Waals surface area contributed by atoms with Crippen LogP contribution in [0, 0.1) is 5.92 Å². The molecule has 2 fully saturated rings. The molecule has 2 saturated heterocycles. The van der Waals surface area contributed by atoms with Gasteiger partial charge in [0.05, 0.1) is 6.54 Å². The highest BCUT2D eigenvalue weighted by atomic mass is 16.5. The summed E-state index contributed by atoms with van der Waals surface area (Å²) in [4.78, 5) is 35.9. The molecule has 124 valence electrons. The molecule has 1 aromatic rings. The van der Waals surface area contributed by atoms with Crippen molar-refractivity contribution in [2.24, 2.45) is 5.92 Å². The second-order valence-corrected chi connectivity index (χ2v) is 5.77. The fraction of sp³-hybridized carbons (Fsp3) is 0.600. The molecule has 3 heterocycles. The van der Waals surface area contributed by atoms with Crippen molar-refractivity contribution in [2.45, 2.75) is 18.9 Å². The van der Waals surface area contributed by atoms with E-state index in [4.69, 9.17) is 4.74 Å². The first-order valence-electron chi connectivity index (χ1n) is 7.80. The first-order valence-corrected chi connectivity index (χ1v) is 7.80. The Morgan fingerprint density at radius 1 is 1.17 bits per heavy atom. The van der Waals surface area contributed by atoms with Crippen LogP contribution in [0.25, 0.3) is 0 Å². The van der Waals surface area contributed by atoms with Crippen molar-refractivity contribution in [1.82, 2.24) is 14.9 Å². The van der Waals surface area contributed by atoms with E-state index in [2.05, 4.69) is 9.97 Å². The molecule has 0 unspecified atom stereocenters. The van der Waals surface area contributed by atoms with Gasteiger partial charge in [-0.3, -0.25) is 4.79 Å². The lowest BCUT2D eigenvalue weighted by atomic mass is 9.97. The molecule has 0 saturated carbocycles. The molecule has 23 heavy (non-hydrogen) atoms. The second-order valence-electron chi connectivity index (χ2n) is 5.77. The largest absolute Gasteiger partial charge is 0.480 e. The number of amides is 1. The van der Waals surface area contributed by atoms with Gasteiger partial charge in [0, 0.05) is 44.6 Å². The van der Waals surface area contributed by atoms with E-state index in [1.165, 1.54) is 4.90 Å². The lowest BCUT2D eigenvalue weighted by molar-refractivity contribution is -0.153. The summed E-state index contributed by atoms with van der Waals surface area (Å²) in [6.07, 6.45) is 4.57. The standard InChI is InChI=1S/C15H20N4O4/c20-13(11-2-8-23-9-3-11)19-7-6-18(10-12(19)14(21)22)15-16-4-1-5-17-15/h1,4-5,11-12H,2-3,6-10H2,(H,21,22)/t12-/m1/s1. The zero-order chi connectivity index (χ0) is 16.2. The van der Waals surface area contributed by atoms with Gasteiger partial charge in [0.1, 0.15) is 6.04 Å². The fourth-order valence-corrected chi connectivity index (χ4v) is 3.07.